The summed E-state index contributed by atoms with van der Waals surface area (Å²) in [5.41, 5.74) is 0. The Morgan fingerprint density at radius 2 is 2.18 bits per heavy atom. The fourth-order valence-electron chi connectivity index (χ4n) is 0.731. The van der Waals surface area contributed by atoms with Crippen molar-refractivity contribution in [1.82, 2.24) is 0 Å². The Balaban J connectivity index is 3.52. The van der Waals surface area contributed by atoms with E-state index in [1.807, 2.05) is 14.4 Å². The first-order chi connectivity index (χ1) is 5.22. The van der Waals surface area contributed by atoms with Gasteiger partial charge in [-0.15, -0.1) is 0 Å². The van der Waals surface area contributed by atoms with Crippen LogP contribution in [0.2, 0.25) is 0 Å². The standard InChI is InChI=1S/C6H15B3O2/c1-5(2)6(3-10)4-11-9-8-7/h5-6,10H,3-4,7H2,1-2H3. The number of aliphatic hydroxyl groups excluding tert-OH is 1. The Hall–Kier alpha value is -0.0452. The van der Waals surface area contributed by atoms with Gasteiger partial charge < -0.3 is 0 Å². The van der Waals surface area contributed by atoms with Gasteiger partial charge in [0.25, 0.3) is 0 Å². The molecular formula is C6H15B3O2. The summed E-state index contributed by atoms with van der Waals surface area (Å²) in [5, 5.41) is 8.89. The van der Waals surface area contributed by atoms with Crippen molar-refractivity contribution in [2.45, 2.75) is 13.8 Å². The molecule has 0 aromatic rings. The van der Waals surface area contributed by atoms with Gasteiger partial charge in [-0.05, 0) is 0 Å². The summed E-state index contributed by atoms with van der Waals surface area (Å²) < 4.78 is 5.16. The van der Waals surface area contributed by atoms with E-state index >= 15 is 0 Å². The Morgan fingerprint density at radius 1 is 1.55 bits per heavy atom. The third kappa shape index (κ3) is 5.25. The molecule has 0 aromatic carbocycles. The van der Waals surface area contributed by atoms with E-state index < -0.39 is 0 Å². The Labute approximate surface area is 70.9 Å². The zero-order chi connectivity index (χ0) is 8.69. The second-order valence-corrected chi connectivity index (χ2v) is 2.99. The molecule has 0 bridgehead atoms. The summed E-state index contributed by atoms with van der Waals surface area (Å²) in [6.07, 6.45) is 0. The van der Waals surface area contributed by atoms with Crippen molar-refractivity contribution in [2.24, 2.45) is 11.8 Å². The third-order valence-electron chi connectivity index (χ3n) is 1.72. The molecule has 11 heavy (non-hydrogen) atoms. The molecule has 1 atom stereocenters. The van der Waals surface area contributed by atoms with Crippen LogP contribution in [0.25, 0.3) is 0 Å². The van der Waals surface area contributed by atoms with Gasteiger partial charge in [0.1, 0.15) is 0 Å². The zero-order valence-corrected chi connectivity index (χ0v) is 7.58. The van der Waals surface area contributed by atoms with Gasteiger partial charge in [0.15, 0.2) is 0 Å². The topological polar surface area (TPSA) is 29.5 Å². The Bertz CT molecular complexity index is 116. The van der Waals surface area contributed by atoms with E-state index in [0.717, 1.165) is 0 Å². The van der Waals surface area contributed by atoms with Crippen molar-refractivity contribution >= 4 is 21.4 Å². The molecule has 60 valence electrons. The molecule has 2 nitrogen and oxygen atoms in total. The first-order valence-corrected chi connectivity index (χ1v) is 4.06. The molecule has 0 fully saturated rings. The van der Waals surface area contributed by atoms with Crippen molar-refractivity contribution < 1.29 is 9.76 Å². The quantitative estimate of drug-likeness (QED) is 0.514. The molecule has 0 aromatic heterocycles. The van der Waals surface area contributed by atoms with Gasteiger partial charge >= 0.3 is 70.1 Å². The summed E-state index contributed by atoms with van der Waals surface area (Å²) in [7, 11) is 3.56. The molecule has 0 amide bonds. The van der Waals surface area contributed by atoms with E-state index in [1.165, 1.54) is 0 Å². The van der Waals surface area contributed by atoms with Crippen LogP contribution in [0.4, 0.5) is 0 Å². The fraction of sp³-hybridized carbons (Fsp3) is 1.00. The van der Waals surface area contributed by atoms with E-state index in [4.69, 9.17) is 9.76 Å². The summed E-state index contributed by atoms with van der Waals surface area (Å²) in [6.45, 7) is 6.82. The van der Waals surface area contributed by atoms with Crippen molar-refractivity contribution in [3.05, 3.63) is 0 Å². The second-order valence-electron chi connectivity index (χ2n) is 2.99. The predicted octanol–water partition coefficient (Wildman–Crippen LogP) is -0.946. The molecule has 0 aliphatic heterocycles. The molecule has 0 rings (SSSR count). The van der Waals surface area contributed by atoms with Crippen molar-refractivity contribution in [3.8, 4) is 0 Å². The van der Waals surface area contributed by atoms with Crippen LogP contribution in [-0.4, -0.2) is 39.8 Å². The van der Waals surface area contributed by atoms with E-state index in [-0.39, 0.29) is 12.5 Å². The van der Waals surface area contributed by atoms with E-state index in [0.29, 0.717) is 12.5 Å². The van der Waals surface area contributed by atoms with Crippen LogP contribution >= 0.6 is 0 Å². The molecule has 0 radical (unpaired) electrons. The summed E-state index contributed by atoms with van der Waals surface area (Å²) in [6, 6.07) is 0. The maximum atomic E-state index is 8.89. The van der Waals surface area contributed by atoms with Crippen molar-refractivity contribution in [3.63, 3.8) is 0 Å². The number of hydrogen-bond acceptors (Lipinski definition) is 2. The van der Waals surface area contributed by atoms with Crippen LogP contribution < -0.4 is 0 Å². The van der Waals surface area contributed by atoms with Crippen LogP contribution in [0.5, 0.6) is 0 Å². The Morgan fingerprint density at radius 3 is 2.55 bits per heavy atom. The van der Waals surface area contributed by atoms with Crippen LogP contribution in [0.15, 0.2) is 0 Å². The third-order valence-corrected chi connectivity index (χ3v) is 1.72. The van der Waals surface area contributed by atoms with Gasteiger partial charge in [-0.2, -0.15) is 0 Å². The fourth-order valence-corrected chi connectivity index (χ4v) is 0.731. The average Bonchev–Trinajstić information content (AvgIpc) is 1.97. The van der Waals surface area contributed by atoms with E-state index in [9.17, 15) is 0 Å². The molecule has 0 aliphatic carbocycles. The van der Waals surface area contributed by atoms with Crippen molar-refractivity contribution in [1.29, 1.82) is 0 Å². The average molecular weight is 152 g/mol. The minimum atomic E-state index is 0.204. The first kappa shape index (κ1) is 11.0. The monoisotopic (exact) mass is 152 g/mol. The summed E-state index contributed by atoms with van der Waals surface area (Å²) in [4.78, 5) is 0. The number of rotatable bonds is 5. The van der Waals surface area contributed by atoms with Crippen LogP contribution in [0.1, 0.15) is 13.8 Å². The minimum absolute atomic E-state index is 0.204. The Kier molecular flexibility index (Phi) is 6.62. The molecular weight excluding hydrogens is 136 g/mol. The molecule has 0 heterocycles. The molecule has 1 unspecified atom stereocenters. The molecule has 0 spiro atoms. The van der Waals surface area contributed by atoms with Crippen LogP contribution in [-0.2, 0) is 4.65 Å². The number of hydrogen-bond donors (Lipinski definition) is 1. The zero-order valence-electron chi connectivity index (χ0n) is 7.58. The van der Waals surface area contributed by atoms with Gasteiger partial charge in [0.2, 0.25) is 0 Å². The summed E-state index contributed by atoms with van der Waals surface area (Å²) >= 11 is 0. The van der Waals surface area contributed by atoms with E-state index in [2.05, 4.69) is 13.8 Å². The molecule has 0 aliphatic rings. The number of aliphatic hydroxyl groups is 1. The SMILES string of the molecule is BB=BOCC(CO)C(C)C. The predicted molar refractivity (Wildman–Crippen MR) is 51.4 cm³/mol. The van der Waals surface area contributed by atoms with Crippen LogP contribution in [0.3, 0.4) is 0 Å². The normalized spacial score (nSPS) is 12.7. The molecule has 0 saturated heterocycles. The molecule has 1 N–H and O–H groups in total. The second kappa shape index (κ2) is 6.65. The maximum absolute atomic E-state index is 8.89. The molecule has 5 heteroatoms. The van der Waals surface area contributed by atoms with Gasteiger partial charge in [-0.3, -0.25) is 0 Å². The van der Waals surface area contributed by atoms with E-state index in [1.54, 1.807) is 7.00 Å². The van der Waals surface area contributed by atoms with Crippen LogP contribution in [0, 0.1) is 11.8 Å². The van der Waals surface area contributed by atoms with Gasteiger partial charge in [-0.1, -0.05) is 0 Å². The first-order valence-electron chi connectivity index (χ1n) is 4.06. The molecule has 0 saturated carbocycles. The van der Waals surface area contributed by atoms with Crippen molar-refractivity contribution in [2.75, 3.05) is 13.2 Å². The summed E-state index contributed by atoms with van der Waals surface area (Å²) in [5.74, 6) is 0.733. The van der Waals surface area contributed by atoms with Gasteiger partial charge in [-0.25, -0.2) is 0 Å². The van der Waals surface area contributed by atoms with Gasteiger partial charge in [0, 0.05) is 0 Å². The van der Waals surface area contributed by atoms with Gasteiger partial charge in [0.05, 0.1) is 0 Å².